The minimum atomic E-state index is 1.37. The summed E-state index contributed by atoms with van der Waals surface area (Å²) in [5.74, 6) is 1.89. The SMILES string of the molecule is CCCCCCCCCCC[C]1CCCCC1. The maximum Gasteiger partial charge on any atom is -0.0241 e. The molecular formula is C17H33. The topological polar surface area (TPSA) is 0 Å². The average Bonchev–Trinajstić information content (AvgIpc) is 2.38. The van der Waals surface area contributed by atoms with Gasteiger partial charge in [0.15, 0.2) is 0 Å². The van der Waals surface area contributed by atoms with Gasteiger partial charge < -0.3 is 0 Å². The zero-order valence-electron chi connectivity index (χ0n) is 12.1. The van der Waals surface area contributed by atoms with Crippen molar-refractivity contribution in [1.82, 2.24) is 0 Å². The van der Waals surface area contributed by atoms with E-state index in [1.807, 2.05) is 5.92 Å². The lowest BCUT2D eigenvalue weighted by Crippen LogP contribution is -2.03. The smallest absolute Gasteiger partial charge is 0.0241 e. The maximum atomic E-state index is 2.29. The Morgan fingerprint density at radius 1 is 0.647 bits per heavy atom. The van der Waals surface area contributed by atoms with Gasteiger partial charge in [0.2, 0.25) is 0 Å². The van der Waals surface area contributed by atoms with Crippen LogP contribution in [0.25, 0.3) is 0 Å². The lowest BCUT2D eigenvalue weighted by molar-refractivity contribution is 0.484. The molecule has 0 heteroatoms. The van der Waals surface area contributed by atoms with E-state index in [0.717, 1.165) is 0 Å². The second-order valence-electron chi connectivity index (χ2n) is 5.89. The normalized spacial score (nSPS) is 17.5. The minimum absolute atomic E-state index is 1.37. The van der Waals surface area contributed by atoms with Gasteiger partial charge in [0.05, 0.1) is 0 Å². The highest BCUT2D eigenvalue weighted by atomic mass is 14.2. The summed E-state index contributed by atoms with van der Waals surface area (Å²) < 4.78 is 0. The zero-order chi connectivity index (χ0) is 12.2. The average molecular weight is 237 g/mol. The van der Waals surface area contributed by atoms with Crippen LogP contribution in [0.2, 0.25) is 0 Å². The fourth-order valence-electron chi connectivity index (χ4n) is 2.99. The van der Waals surface area contributed by atoms with Gasteiger partial charge in [0.25, 0.3) is 0 Å². The second kappa shape index (κ2) is 11.1. The van der Waals surface area contributed by atoms with E-state index in [-0.39, 0.29) is 0 Å². The molecule has 0 aromatic rings. The van der Waals surface area contributed by atoms with E-state index in [0.29, 0.717) is 0 Å². The molecule has 1 radical (unpaired) electrons. The van der Waals surface area contributed by atoms with E-state index in [4.69, 9.17) is 0 Å². The molecule has 1 aliphatic carbocycles. The van der Waals surface area contributed by atoms with Crippen molar-refractivity contribution < 1.29 is 0 Å². The van der Waals surface area contributed by atoms with Crippen LogP contribution in [-0.4, -0.2) is 0 Å². The second-order valence-corrected chi connectivity index (χ2v) is 5.89. The molecule has 0 N–H and O–H groups in total. The molecule has 1 fully saturated rings. The Kier molecular flexibility index (Phi) is 9.84. The zero-order valence-corrected chi connectivity index (χ0v) is 12.1. The molecule has 1 aliphatic rings. The van der Waals surface area contributed by atoms with Crippen LogP contribution in [0, 0.1) is 5.92 Å². The van der Waals surface area contributed by atoms with Gasteiger partial charge in [0, 0.05) is 0 Å². The maximum absolute atomic E-state index is 2.29. The predicted octanol–water partition coefficient (Wildman–Crippen LogP) is 6.45. The molecule has 0 unspecified atom stereocenters. The first-order valence-electron chi connectivity index (χ1n) is 8.27. The Labute approximate surface area is 110 Å². The third-order valence-electron chi connectivity index (χ3n) is 4.19. The van der Waals surface area contributed by atoms with Gasteiger partial charge >= 0.3 is 0 Å². The highest BCUT2D eigenvalue weighted by Crippen LogP contribution is 2.29. The summed E-state index contributed by atoms with van der Waals surface area (Å²) >= 11 is 0. The molecule has 0 heterocycles. The van der Waals surface area contributed by atoms with Gasteiger partial charge in [-0.2, -0.15) is 0 Å². The molecule has 0 aromatic carbocycles. The molecule has 1 saturated carbocycles. The van der Waals surface area contributed by atoms with Gasteiger partial charge in [0.1, 0.15) is 0 Å². The first kappa shape index (κ1) is 15.1. The van der Waals surface area contributed by atoms with Crippen molar-refractivity contribution in [3.05, 3.63) is 5.92 Å². The number of hydrogen-bond acceptors (Lipinski definition) is 0. The monoisotopic (exact) mass is 237 g/mol. The molecule has 0 atom stereocenters. The summed E-state index contributed by atoms with van der Waals surface area (Å²) in [7, 11) is 0. The molecule has 0 bridgehead atoms. The highest BCUT2D eigenvalue weighted by Gasteiger charge is 2.12. The summed E-state index contributed by atoms with van der Waals surface area (Å²) in [6, 6.07) is 0. The number of rotatable bonds is 10. The van der Waals surface area contributed by atoms with Crippen molar-refractivity contribution >= 4 is 0 Å². The van der Waals surface area contributed by atoms with E-state index < -0.39 is 0 Å². The Hall–Kier alpha value is 0. The van der Waals surface area contributed by atoms with Crippen LogP contribution < -0.4 is 0 Å². The Balaban J connectivity index is 1.75. The molecule has 101 valence electrons. The standard InChI is InChI=1S/C17H33/c1-2-3-4-5-6-7-8-9-11-14-17-15-12-10-13-16-17/h2-16H2,1H3. The summed E-state index contributed by atoms with van der Waals surface area (Å²) in [5, 5.41) is 0. The Morgan fingerprint density at radius 3 is 1.76 bits per heavy atom. The first-order valence-corrected chi connectivity index (χ1v) is 8.27. The van der Waals surface area contributed by atoms with E-state index in [2.05, 4.69) is 6.92 Å². The molecule has 0 amide bonds. The van der Waals surface area contributed by atoms with Crippen molar-refractivity contribution in [2.24, 2.45) is 0 Å². The third-order valence-corrected chi connectivity index (χ3v) is 4.19. The Morgan fingerprint density at radius 2 is 1.18 bits per heavy atom. The van der Waals surface area contributed by atoms with Crippen LogP contribution in [0.5, 0.6) is 0 Å². The van der Waals surface area contributed by atoms with Crippen LogP contribution in [0.3, 0.4) is 0 Å². The molecule has 1 rings (SSSR count). The van der Waals surface area contributed by atoms with Crippen LogP contribution >= 0.6 is 0 Å². The fraction of sp³-hybridized carbons (Fsp3) is 0.941. The Bertz CT molecular complexity index is 144. The van der Waals surface area contributed by atoms with Crippen molar-refractivity contribution in [1.29, 1.82) is 0 Å². The third kappa shape index (κ3) is 8.69. The highest BCUT2D eigenvalue weighted by molar-refractivity contribution is 4.91. The molecule has 0 spiro atoms. The van der Waals surface area contributed by atoms with Crippen molar-refractivity contribution in [3.8, 4) is 0 Å². The van der Waals surface area contributed by atoms with Crippen molar-refractivity contribution in [2.75, 3.05) is 0 Å². The van der Waals surface area contributed by atoms with Gasteiger partial charge in [-0.1, -0.05) is 84.0 Å². The van der Waals surface area contributed by atoms with Gasteiger partial charge in [-0.15, -0.1) is 0 Å². The fourth-order valence-corrected chi connectivity index (χ4v) is 2.99. The lowest BCUT2D eigenvalue weighted by atomic mass is 9.85. The predicted molar refractivity (Wildman–Crippen MR) is 78.2 cm³/mol. The van der Waals surface area contributed by atoms with Crippen LogP contribution in [0.1, 0.15) is 103 Å². The summed E-state index contributed by atoms with van der Waals surface area (Å²) in [5.41, 5.74) is 0. The quantitative estimate of drug-likeness (QED) is 0.383. The number of hydrogen-bond donors (Lipinski definition) is 0. The summed E-state index contributed by atoms with van der Waals surface area (Å²) in [6.45, 7) is 2.29. The molecule has 17 heavy (non-hydrogen) atoms. The van der Waals surface area contributed by atoms with Gasteiger partial charge in [-0.25, -0.2) is 0 Å². The summed E-state index contributed by atoms with van der Waals surface area (Å²) in [4.78, 5) is 0. The van der Waals surface area contributed by atoms with Crippen molar-refractivity contribution in [2.45, 2.75) is 103 Å². The minimum Gasteiger partial charge on any atom is -0.0654 e. The number of unbranched alkanes of at least 4 members (excludes halogenated alkanes) is 8. The van der Waals surface area contributed by atoms with Crippen LogP contribution in [0.15, 0.2) is 0 Å². The summed E-state index contributed by atoms with van der Waals surface area (Å²) in [6.07, 6.45) is 22.0. The van der Waals surface area contributed by atoms with Gasteiger partial charge in [-0.05, 0) is 25.2 Å². The van der Waals surface area contributed by atoms with E-state index in [1.165, 1.54) is 96.3 Å². The van der Waals surface area contributed by atoms with E-state index >= 15 is 0 Å². The van der Waals surface area contributed by atoms with Crippen LogP contribution in [-0.2, 0) is 0 Å². The largest absolute Gasteiger partial charge is 0.0654 e. The lowest BCUT2D eigenvalue weighted by Gasteiger charge is -2.20. The molecule has 0 aromatic heterocycles. The van der Waals surface area contributed by atoms with Gasteiger partial charge in [-0.3, -0.25) is 0 Å². The molecule has 0 saturated heterocycles. The van der Waals surface area contributed by atoms with Crippen molar-refractivity contribution in [3.63, 3.8) is 0 Å². The van der Waals surface area contributed by atoms with Crippen LogP contribution in [0.4, 0.5) is 0 Å². The molecule has 0 aliphatic heterocycles. The molecular weight excluding hydrogens is 204 g/mol. The van der Waals surface area contributed by atoms with E-state index in [1.54, 1.807) is 0 Å². The first-order chi connectivity index (χ1) is 8.43. The molecule has 0 nitrogen and oxygen atoms in total. The van der Waals surface area contributed by atoms with E-state index in [9.17, 15) is 0 Å².